The Morgan fingerprint density at radius 1 is 1.02 bits per heavy atom. The van der Waals surface area contributed by atoms with Crippen LogP contribution in [-0.2, 0) is 32.1 Å². The van der Waals surface area contributed by atoms with E-state index in [4.69, 9.17) is 4.74 Å². The molecule has 0 radical (unpaired) electrons. The van der Waals surface area contributed by atoms with E-state index in [1.165, 1.54) is 17.1 Å². The van der Waals surface area contributed by atoms with Gasteiger partial charge in [0.25, 0.3) is 5.91 Å². The van der Waals surface area contributed by atoms with Crippen molar-refractivity contribution in [1.29, 1.82) is 0 Å². The first kappa shape index (κ1) is 29.8. The molecule has 1 fully saturated rings. The fourth-order valence-electron chi connectivity index (χ4n) is 5.09. The number of carboxylic acids is 1. The van der Waals surface area contributed by atoms with E-state index in [2.05, 4.69) is 10.4 Å². The van der Waals surface area contributed by atoms with Gasteiger partial charge in [0.05, 0.1) is 23.8 Å². The Labute approximate surface area is 246 Å². The summed E-state index contributed by atoms with van der Waals surface area (Å²) in [7, 11) is 0. The SMILES string of the molecule is CC(C(C(=O)Nc1cccc(CC2(C(=O)O)CC2)c1)c1ccc(CN2N=C(c3ccccc3)OCC2=O)cc1)C(F)(F)F. The number of halogens is 3. The highest BCUT2D eigenvalue weighted by atomic mass is 19.4. The number of anilines is 1. The van der Waals surface area contributed by atoms with Gasteiger partial charge in [0.15, 0.2) is 6.61 Å². The number of nitrogens with one attached hydrogen (secondary N) is 1. The molecule has 224 valence electrons. The van der Waals surface area contributed by atoms with Crippen LogP contribution < -0.4 is 5.32 Å². The number of carbonyl (C=O) groups excluding carboxylic acids is 2. The summed E-state index contributed by atoms with van der Waals surface area (Å²) in [5.74, 6) is -5.36. The molecule has 0 spiro atoms. The molecule has 3 aromatic rings. The van der Waals surface area contributed by atoms with Crippen molar-refractivity contribution in [2.75, 3.05) is 11.9 Å². The van der Waals surface area contributed by atoms with Crippen LogP contribution in [0.2, 0.25) is 0 Å². The zero-order valence-electron chi connectivity index (χ0n) is 23.3. The van der Waals surface area contributed by atoms with E-state index in [0.717, 1.165) is 6.92 Å². The molecule has 2 unspecified atom stereocenters. The maximum atomic E-state index is 13.9. The first-order valence-electron chi connectivity index (χ1n) is 13.8. The Hall–Kier alpha value is -4.67. The first-order valence-corrected chi connectivity index (χ1v) is 13.8. The Balaban J connectivity index is 1.33. The molecule has 0 aromatic heterocycles. The lowest BCUT2D eigenvalue weighted by atomic mass is 9.85. The van der Waals surface area contributed by atoms with Gasteiger partial charge in [0.1, 0.15) is 0 Å². The van der Waals surface area contributed by atoms with Gasteiger partial charge in [-0.25, -0.2) is 5.01 Å². The van der Waals surface area contributed by atoms with Crippen molar-refractivity contribution in [3.8, 4) is 0 Å². The fourth-order valence-corrected chi connectivity index (χ4v) is 5.09. The summed E-state index contributed by atoms with van der Waals surface area (Å²) >= 11 is 0. The zero-order valence-corrected chi connectivity index (χ0v) is 23.3. The van der Waals surface area contributed by atoms with Crippen molar-refractivity contribution in [3.05, 3.63) is 101 Å². The van der Waals surface area contributed by atoms with Crippen LogP contribution in [-0.4, -0.2) is 46.6 Å². The number of alkyl halides is 3. The lowest BCUT2D eigenvalue weighted by Gasteiger charge is -2.26. The van der Waals surface area contributed by atoms with Crippen molar-refractivity contribution in [2.45, 2.75) is 44.8 Å². The highest BCUT2D eigenvalue weighted by Crippen LogP contribution is 2.48. The lowest BCUT2D eigenvalue weighted by molar-refractivity contribution is -0.178. The molecule has 11 heteroatoms. The van der Waals surface area contributed by atoms with E-state index in [1.54, 1.807) is 48.5 Å². The predicted octanol–water partition coefficient (Wildman–Crippen LogP) is 5.74. The Morgan fingerprint density at radius 2 is 1.72 bits per heavy atom. The number of ether oxygens (including phenoxy) is 1. The minimum absolute atomic E-state index is 0.0646. The van der Waals surface area contributed by atoms with E-state index in [0.29, 0.717) is 29.5 Å². The van der Waals surface area contributed by atoms with E-state index in [9.17, 15) is 32.7 Å². The Bertz CT molecular complexity index is 1540. The van der Waals surface area contributed by atoms with Crippen LogP contribution in [0.5, 0.6) is 0 Å². The van der Waals surface area contributed by atoms with Gasteiger partial charge in [-0.2, -0.15) is 13.2 Å². The number of hydrogen-bond donors (Lipinski definition) is 2. The molecule has 1 aliphatic carbocycles. The molecule has 8 nitrogen and oxygen atoms in total. The van der Waals surface area contributed by atoms with Gasteiger partial charge >= 0.3 is 12.1 Å². The smallest absolute Gasteiger partial charge is 0.392 e. The minimum atomic E-state index is -4.65. The molecule has 2 atom stereocenters. The molecule has 1 aliphatic heterocycles. The second-order valence-corrected chi connectivity index (χ2v) is 11.0. The van der Waals surface area contributed by atoms with Gasteiger partial charge in [-0.3, -0.25) is 14.4 Å². The summed E-state index contributed by atoms with van der Waals surface area (Å²) < 4.78 is 47.2. The average Bonchev–Trinajstić information content (AvgIpc) is 3.76. The number of carboxylic acid groups (broad SMARTS) is 1. The molecule has 0 saturated heterocycles. The normalized spacial score (nSPS) is 17.3. The second-order valence-electron chi connectivity index (χ2n) is 11.0. The number of hydrazone groups is 1. The summed E-state index contributed by atoms with van der Waals surface area (Å²) in [6.07, 6.45) is -3.26. The number of aliphatic carboxylic acids is 1. The fraction of sp³-hybridized carbons (Fsp3) is 0.312. The first-order chi connectivity index (χ1) is 20.4. The van der Waals surface area contributed by atoms with Gasteiger partial charge < -0.3 is 15.2 Å². The van der Waals surface area contributed by atoms with Crippen molar-refractivity contribution in [2.24, 2.45) is 16.4 Å². The third kappa shape index (κ3) is 6.87. The predicted molar refractivity (Wildman–Crippen MR) is 152 cm³/mol. The molecule has 2 amide bonds. The van der Waals surface area contributed by atoms with E-state index in [1.807, 2.05) is 18.2 Å². The molecular weight excluding hydrogens is 563 g/mol. The number of amides is 2. The summed E-state index contributed by atoms with van der Waals surface area (Å²) in [5.41, 5.74) is 1.61. The largest absolute Gasteiger partial charge is 0.481 e. The number of rotatable bonds is 10. The summed E-state index contributed by atoms with van der Waals surface area (Å²) in [6, 6.07) is 21.6. The molecule has 0 bridgehead atoms. The van der Waals surface area contributed by atoms with Crippen LogP contribution in [0.1, 0.15) is 47.9 Å². The zero-order chi connectivity index (χ0) is 30.8. The second kappa shape index (κ2) is 11.9. The molecule has 2 N–H and O–H groups in total. The average molecular weight is 594 g/mol. The number of nitrogens with zero attached hydrogens (tertiary/aromatic N) is 2. The molecule has 1 heterocycles. The highest BCUT2D eigenvalue weighted by molar-refractivity contribution is 5.98. The maximum absolute atomic E-state index is 13.9. The molecule has 2 aliphatic rings. The maximum Gasteiger partial charge on any atom is 0.392 e. The van der Waals surface area contributed by atoms with Gasteiger partial charge in [-0.15, -0.1) is 5.10 Å². The minimum Gasteiger partial charge on any atom is -0.481 e. The number of carbonyl (C=O) groups is 3. The van der Waals surface area contributed by atoms with Crippen LogP contribution in [0.15, 0.2) is 84.0 Å². The van der Waals surface area contributed by atoms with Crippen molar-refractivity contribution >= 4 is 29.4 Å². The van der Waals surface area contributed by atoms with Crippen LogP contribution in [0.25, 0.3) is 0 Å². The molecule has 43 heavy (non-hydrogen) atoms. The van der Waals surface area contributed by atoms with Crippen LogP contribution in [0.3, 0.4) is 0 Å². The van der Waals surface area contributed by atoms with Gasteiger partial charge in [0.2, 0.25) is 11.8 Å². The molecule has 3 aromatic carbocycles. The summed E-state index contributed by atoms with van der Waals surface area (Å²) in [4.78, 5) is 37.4. The Morgan fingerprint density at radius 3 is 2.35 bits per heavy atom. The van der Waals surface area contributed by atoms with Gasteiger partial charge in [-0.05, 0) is 60.2 Å². The van der Waals surface area contributed by atoms with Gasteiger partial charge in [-0.1, -0.05) is 61.5 Å². The van der Waals surface area contributed by atoms with E-state index in [-0.39, 0.29) is 42.6 Å². The summed E-state index contributed by atoms with van der Waals surface area (Å²) in [6.45, 7) is 0.829. The van der Waals surface area contributed by atoms with E-state index < -0.39 is 35.3 Å². The van der Waals surface area contributed by atoms with Crippen LogP contribution in [0.4, 0.5) is 18.9 Å². The molecular formula is C32H30F3N3O5. The number of hydrogen-bond acceptors (Lipinski definition) is 5. The van der Waals surface area contributed by atoms with Crippen LogP contribution >= 0.6 is 0 Å². The standard InChI is InChI=1S/C32H30F3N3O5/c1-20(32(33,34)35)27(28(40)36-25-9-5-6-22(16-25)17-31(14-15-31)30(41)42)23-12-10-21(11-13-23)18-38-26(39)19-43-29(37-38)24-7-3-2-4-8-24/h2-13,16,20,27H,14-15,17-19H2,1H3,(H,36,40)(H,41,42). The van der Waals surface area contributed by atoms with Crippen molar-refractivity contribution in [3.63, 3.8) is 0 Å². The molecule has 5 rings (SSSR count). The highest BCUT2D eigenvalue weighted by Gasteiger charge is 2.50. The monoisotopic (exact) mass is 593 g/mol. The molecule has 1 saturated carbocycles. The Kier molecular flexibility index (Phi) is 8.25. The van der Waals surface area contributed by atoms with Crippen molar-refractivity contribution in [1.82, 2.24) is 5.01 Å². The van der Waals surface area contributed by atoms with Crippen molar-refractivity contribution < 1.29 is 37.4 Å². The third-order valence-corrected chi connectivity index (χ3v) is 7.87. The van der Waals surface area contributed by atoms with Crippen LogP contribution in [0, 0.1) is 11.3 Å². The van der Waals surface area contributed by atoms with E-state index >= 15 is 0 Å². The number of benzene rings is 3. The quantitative estimate of drug-likeness (QED) is 0.312. The van der Waals surface area contributed by atoms with Gasteiger partial charge in [0, 0.05) is 11.3 Å². The lowest BCUT2D eigenvalue weighted by Crippen LogP contribution is -2.36. The summed E-state index contributed by atoms with van der Waals surface area (Å²) in [5, 5.41) is 17.6. The topological polar surface area (TPSA) is 108 Å². The third-order valence-electron chi connectivity index (χ3n) is 7.87.